The van der Waals surface area contributed by atoms with Gasteiger partial charge in [0, 0.05) is 5.56 Å². The standard InChI is InChI=1S/C14H17NO3/c1-9-3-4-11(7-10(9)2)13(18)15-14(5-6-14)8-12(16)17/h3-4,7H,5-6,8H2,1-2H3,(H,15,18)(H,16,17). The molecule has 1 aromatic rings. The van der Waals surface area contributed by atoms with E-state index < -0.39 is 11.5 Å². The maximum absolute atomic E-state index is 12.0. The molecule has 1 amide bonds. The lowest BCUT2D eigenvalue weighted by molar-refractivity contribution is -0.137. The number of hydrogen-bond donors (Lipinski definition) is 2. The number of carbonyl (C=O) groups excluding carboxylic acids is 1. The van der Waals surface area contributed by atoms with Crippen LogP contribution in [0, 0.1) is 13.8 Å². The van der Waals surface area contributed by atoms with Gasteiger partial charge in [0.1, 0.15) is 0 Å². The molecule has 0 saturated heterocycles. The monoisotopic (exact) mass is 247 g/mol. The van der Waals surface area contributed by atoms with E-state index in [1.54, 1.807) is 6.07 Å². The van der Waals surface area contributed by atoms with Crippen LogP contribution in [0.15, 0.2) is 18.2 Å². The summed E-state index contributed by atoms with van der Waals surface area (Å²) in [6, 6.07) is 5.51. The van der Waals surface area contributed by atoms with Crippen molar-refractivity contribution in [1.82, 2.24) is 5.32 Å². The Kier molecular flexibility index (Phi) is 3.11. The van der Waals surface area contributed by atoms with Crippen LogP contribution < -0.4 is 5.32 Å². The largest absolute Gasteiger partial charge is 0.481 e. The SMILES string of the molecule is Cc1ccc(C(=O)NC2(CC(=O)O)CC2)cc1C. The first-order valence-electron chi connectivity index (χ1n) is 6.03. The lowest BCUT2D eigenvalue weighted by atomic mass is 10.1. The molecular formula is C14H17NO3. The van der Waals surface area contributed by atoms with Gasteiger partial charge < -0.3 is 10.4 Å². The Morgan fingerprint density at radius 2 is 1.94 bits per heavy atom. The van der Waals surface area contributed by atoms with Gasteiger partial charge in [0.2, 0.25) is 0 Å². The number of amides is 1. The van der Waals surface area contributed by atoms with Crippen molar-refractivity contribution in [3.8, 4) is 0 Å². The van der Waals surface area contributed by atoms with Gasteiger partial charge in [-0.1, -0.05) is 6.07 Å². The van der Waals surface area contributed by atoms with Gasteiger partial charge in [-0.05, 0) is 49.9 Å². The van der Waals surface area contributed by atoms with E-state index >= 15 is 0 Å². The van der Waals surface area contributed by atoms with Crippen molar-refractivity contribution < 1.29 is 14.7 Å². The van der Waals surface area contributed by atoms with Crippen LogP contribution in [0.3, 0.4) is 0 Å². The van der Waals surface area contributed by atoms with Gasteiger partial charge in [0.25, 0.3) is 5.91 Å². The third-order valence-corrected chi connectivity index (χ3v) is 3.49. The zero-order valence-corrected chi connectivity index (χ0v) is 10.6. The van der Waals surface area contributed by atoms with Gasteiger partial charge >= 0.3 is 5.97 Å². The summed E-state index contributed by atoms with van der Waals surface area (Å²) >= 11 is 0. The quantitative estimate of drug-likeness (QED) is 0.855. The minimum atomic E-state index is -0.868. The lowest BCUT2D eigenvalue weighted by Gasteiger charge is -2.15. The predicted molar refractivity (Wildman–Crippen MR) is 67.6 cm³/mol. The zero-order chi connectivity index (χ0) is 13.3. The van der Waals surface area contributed by atoms with Crippen molar-refractivity contribution in [2.24, 2.45) is 0 Å². The number of benzene rings is 1. The molecule has 0 radical (unpaired) electrons. The maximum atomic E-state index is 12.0. The van der Waals surface area contributed by atoms with Crippen LogP contribution in [0.5, 0.6) is 0 Å². The fourth-order valence-corrected chi connectivity index (χ4v) is 1.98. The minimum Gasteiger partial charge on any atom is -0.481 e. The van der Waals surface area contributed by atoms with Crippen molar-refractivity contribution >= 4 is 11.9 Å². The summed E-state index contributed by atoms with van der Waals surface area (Å²) in [5, 5.41) is 11.6. The first-order valence-corrected chi connectivity index (χ1v) is 6.03. The van der Waals surface area contributed by atoms with Gasteiger partial charge in [-0.15, -0.1) is 0 Å². The first-order chi connectivity index (χ1) is 8.42. The van der Waals surface area contributed by atoms with Crippen molar-refractivity contribution in [3.63, 3.8) is 0 Å². The molecule has 96 valence electrons. The summed E-state index contributed by atoms with van der Waals surface area (Å²) in [4.78, 5) is 22.8. The molecule has 2 rings (SSSR count). The molecule has 0 aliphatic heterocycles. The summed E-state index contributed by atoms with van der Waals surface area (Å²) in [5.74, 6) is -1.05. The second kappa shape index (κ2) is 4.44. The summed E-state index contributed by atoms with van der Waals surface area (Å²) in [5.41, 5.74) is 2.28. The molecule has 0 heterocycles. The number of carbonyl (C=O) groups is 2. The number of aliphatic carboxylic acids is 1. The third kappa shape index (κ3) is 2.70. The average Bonchev–Trinajstić information content (AvgIpc) is 3.00. The van der Waals surface area contributed by atoms with Crippen LogP contribution in [0.2, 0.25) is 0 Å². The number of aryl methyl sites for hydroxylation is 2. The Morgan fingerprint density at radius 3 is 2.44 bits per heavy atom. The van der Waals surface area contributed by atoms with E-state index in [0.717, 1.165) is 24.0 Å². The molecule has 0 atom stereocenters. The maximum Gasteiger partial charge on any atom is 0.305 e. The topological polar surface area (TPSA) is 66.4 Å². The molecule has 4 heteroatoms. The van der Waals surface area contributed by atoms with E-state index in [1.165, 1.54) is 0 Å². The summed E-state index contributed by atoms with van der Waals surface area (Å²) in [7, 11) is 0. The number of carboxylic acid groups (broad SMARTS) is 1. The van der Waals surface area contributed by atoms with Gasteiger partial charge in [-0.2, -0.15) is 0 Å². The Morgan fingerprint density at radius 1 is 1.28 bits per heavy atom. The molecule has 1 saturated carbocycles. The number of hydrogen-bond acceptors (Lipinski definition) is 2. The van der Waals surface area contributed by atoms with Gasteiger partial charge in [-0.25, -0.2) is 0 Å². The Hall–Kier alpha value is -1.84. The van der Waals surface area contributed by atoms with Crippen LogP contribution in [0.4, 0.5) is 0 Å². The van der Waals surface area contributed by atoms with Crippen molar-refractivity contribution in [2.75, 3.05) is 0 Å². The Labute approximate surface area is 106 Å². The molecule has 4 nitrogen and oxygen atoms in total. The summed E-state index contributed by atoms with van der Waals surface area (Å²) in [6.45, 7) is 3.94. The highest BCUT2D eigenvalue weighted by Crippen LogP contribution is 2.38. The van der Waals surface area contributed by atoms with Crippen molar-refractivity contribution in [3.05, 3.63) is 34.9 Å². The Balaban J connectivity index is 2.08. The number of nitrogens with one attached hydrogen (secondary N) is 1. The smallest absolute Gasteiger partial charge is 0.305 e. The van der Waals surface area contributed by atoms with E-state index in [0.29, 0.717) is 5.56 Å². The molecule has 18 heavy (non-hydrogen) atoms. The molecule has 2 N–H and O–H groups in total. The summed E-state index contributed by atoms with van der Waals surface area (Å²) in [6.07, 6.45) is 1.50. The Bertz CT molecular complexity index is 504. The van der Waals surface area contributed by atoms with Crippen LogP contribution in [0.1, 0.15) is 40.7 Å². The van der Waals surface area contributed by atoms with E-state index in [4.69, 9.17) is 5.11 Å². The second-order valence-corrected chi connectivity index (χ2v) is 5.10. The van der Waals surface area contributed by atoms with Gasteiger partial charge in [0.15, 0.2) is 0 Å². The van der Waals surface area contributed by atoms with Crippen LogP contribution in [0.25, 0.3) is 0 Å². The van der Waals surface area contributed by atoms with Crippen LogP contribution >= 0.6 is 0 Å². The molecule has 1 aliphatic rings. The van der Waals surface area contributed by atoms with Crippen molar-refractivity contribution in [1.29, 1.82) is 0 Å². The fourth-order valence-electron chi connectivity index (χ4n) is 1.98. The number of carboxylic acids is 1. The fraction of sp³-hybridized carbons (Fsp3) is 0.429. The van der Waals surface area contributed by atoms with Gasteiger partial charge in [-0.3, -0.25) is 9.59 Å². The third-order valence-electron chi connectivity index (χ3n) is 3.49. The first kappa shape index (κ1) is 12.6. The molecule has 1 aliphatic carbocycles. The van der Waals surface area contributed by atoms with E-state index in [2.05, 4.69) is 5.32 Å². The molecular weight excluding hydrogens is 230 g/mol. The van der Waals surface area contributed by atoms with Crippen LogP contribution in [-0.2, 0) is 4.79 Å². The molecule has 0 bridgehead atoms. The molecule has 1 fully saturated rings. The highest BCUT2D eigenvalue weighted by Gasteiger charge is 2.45. The van der Waals surface area contributed by atoms with E-state index in [1.807, 2.05) is 26.0 Å². The number of rotatable bonds is 4. The average molecular weight is 247 g/mol. The molecule has 0 spiro atoms. The van der Waals surface area contributed by atoms with E-state index in [9.17, 15) is 9.59 Å². The van der Waals surface area contributed by atoms with Crippen LogP contribution in [-0.4, -0.2) is 22.5 Å². The normalized spacial score (nSPS) is 16.1. The predicted octanol–water partition coefficient (Wildman–Crippen LogP) is 2.04. The highest BCUT2D eigenvalue weighted by molar-refractivity contribution is 5.95. The molecule has 0 unspecified atom stereocenters. The van der Waals surface area contributed by atoms with Gasteiger partial charge in [0.05, 0.1) is 12.0 Å². The van der Waals surface area contributed by atoms with Crippen molar-refractivity contribution in [2.45, 2.75) is 38.6 Å². The second-order valence-electron chi connectivity index (χ2n) is 5.10. The zero-order valence-electron chi connectivity index (χ0n) is 10.6. The minimum absolute atomic E-state index is 0.00356. The highest BCUT2D eigenvalue weighted by atomic mass is 16.4. The lowest BCUT2D eigenvalue weighted by Crippen LogP contribution is -2.38. The summed E-state index contributed by atoms with van der Waals surface area (Å²) < 4.78 is 0. The molecule has 1 aromatic carbocycles. The van der Waals surface area contributed by atoms with E-state index in [-0.39, 0.29) is 12.3 Å². The molecule has 0 aromatic heterocycles.